The van der Waals surface area contributed by atoms with Crippen molar-refractivity contribution >= 4 is 5.84 Å². The molecule has 1 aliphatic carbocycles. The van der Waals surface area contributed by atoms with Crippen molar-refractivity contribution in [2.24, 2.45) is 11.1 Å². The number of nitrogens with two attached hydrogens (primary N) is 1. The molecule has 1 aromatic rings. The lowest BCUT2D eigenvalue weighted by atomic mass is 10.0. The first kappa shape index (κ1) is 13.1. The summed E-state index contributed by atoms with van der Waals surface area (Å²) in [7, 11) is 2.16. The Balaban J connectivity index is 1.91. The quantitative estimate of drug-likeness (QED) is 0.598. The van der Waals surface area contributed by atoms with E-state index >= 15 is 0 Å². The first-order valence-electron chi connectivity index (χ1n) is 6.57. The summed E-state index contributed by atoms with van der Waals surface area (Å²) in [6, 6.07) is 8.53. The van der Waals surface area contributed by atoms with Crippen LogP contribution in [-0.2, 0) is 6.54 Å². The van der Waals surface area contributed by atoms with Gasteiger partial charge in [0, 0.05) is 19.5 Å². The standard InChI is InChI=1S/C15H23N3/c1-12-5-3-4-6-13(12)10-18(2)11-15(7-8-15)9-14(16)17/h3-6H,7-11H2,1-2H3,(H3,16,17). The number of aryl methyl sites for hydroxylation is 1. The summed E-state index contributed by atoms with van der Waals surface area (Å²) in [5.41, 5.74) is 8.57. The minimum absolute atomic E-state index is 0.295. The molecule has 2 rings (SSSR count). The van der Waals surface area contributed by atoms with Crippen LogP contribution in [0.15, 0.2) is 24.3 Å². The first-order chi connectivity index (χ1) is 8.51. The van der Waals surface area contributed by atoms with E-state index in [1.54, 1.807) is 0 Å². The molecule has 3 nitrogen and oxygen atoms in total. The second-order valence-corrected chi connectivity index (χ2v) is 5.80. The number of nitrogens with zero attached hydrogens (tertiary/aromatic N) is 1. The van der Waals surface area contributed by atoms with Crippen LogP contribution in [0.25, 0.3) is 0 Å². The van der Waals surface area contributed by atoms with Gasteiger partial charge in [0.1, 0.15) is 0 Å². The molecule has 0 bridgehead atoms. The van der Waals surface area contributed by atoms with Gasteiger partial charge in [0.2, 0.25) is 0 Å². The molecule has 1 aromatic carbocycles. The lowest BCUT2D eigenvalue weighted by molar-refractivity contribution is 0.259. The van der Waals surface area contributed by atoms with Crippen LogP contribution in [-0.4, -0.2) is 24.3 Å². The van der Waals surface area contributed by atoms with Gasteiger partial charge < -0.3 is 10.6 Å². The van der Waals surface area contributed by atoms with Crippen LogP contribution in [0.3, 0.4) is 0 Å². The molecule has 1 aliphatic rings. The molecule has 3 heteroatoms. The highest BCUT2D eigenvalue weighted by molar-refractivity contribution is 5.78. The molecule has 1 saturated carbocycles. The first-order valence-corrected chi connectivity index (χ1v) is 6.57. The predicted octanol–water partition coefficient (Wildman–Crippen LogP) is 2.53. The van der Waals surface area contributed by atoms with E-state index in [-0.39, 0.29) is 0 Å². The second kappa shape index (κ2) is 5.11. The van der Waals surface area contributed by atoms with E-state index < -0.39 is 0 Å². The van der Waals surface area contributed by atoms with Crippen molar-refractivity contribution in [3.63, 3.8) is 0 Å². The van der Waals surface area contributed by atoms with Gasteiger partial charge in [0.15, 0.2) is 0 Å². The molecule has 3 N–H and O–H groups in total. The number of benzene rings is 1. The van der Waals surface area contributed by atoms with E-state index in [1.165, 1.54) is 24.0 Å². The van der Waals surface area contributed by atoms with Crippen molar-refractivity contribution in [1.29, 1.82) is 5.41 Å². The van der Waals surface area contributed by atoms with E-state index in [9.17, 15) is 0 Å². The molecular weight excluding hydrogens is 222 g/mol. The van der Waals surface area contributed by atoms with Gasteiger partial charge in [-0.1, -0.05) is 24.3 Å². The van der Waals surface area contributed by atoms with Crippen LogP contribution in [0.4, 0.5) is 0 Å². The van der Waals surface area contributed by atoms with Crippen molar-refractivity contribution in [3.05, 3.63) is 35.4 Å². The molecular formula is C15H23N3. The Morgan fingerprint density at radius 3 is 2.61 bits per heavy atom. The van der Waals surface area contributed by atoms with Gasteiger partial charge >= 0.3 is 0 Å². The van der Waals surface area contributed by atoms with Crippen molar-refractivity contribution in [2.45, 2.75) is 32.7 Å². The van der Waals surface area contributed by atoms with Gasteiger partial charge in [0.25, 0.3) is 0 Å². The Hall–Kier alpha value is -1.35. The van der Waals surface area contributed by atoms with Gasteiger partial charge in [-0.15, -0.1) is 0 Å². The fourth-order valence-electron chi connectivity index (χ4n) is 2.68. The largest absolute Gasteiger partial charge is 0.388 e. The highest BCUT2D eigenvalue weighted by atomic mass is 15.1. The fraction of sp³-hybridized carbons (Fsp3) is 0.533. The van der Waals surface area contributed by atoms with Crippen molar-refractivity contribution in [2.75, 3.05) is 13.6 Å². The summed E-state index contributed by atoms with van der Waals surface area (Å²) in [5, 5.41) is 7.45. The van der Waals surface area contributed by atoms with Crippen molar-refractivity contribution in [3.8, 4) is 0 Å². The third-order valence-corrected chi connectivity index (χ3v) is 3.83. The number of nitrogens with one attached hydrogen (secondary N) is 1. The molecule has 0 radical (unpaired) electrons. The highest BCUT2D eigenvalue weighted by Crippen LogP contribution is 2.49. The Morgan fingerprint density at radius 2 is 2.06 bits per heavy atom. The monoisotopic (exact) mass is 245 g/mol. The van der Waals surface area contributed by atoms with E-state index in [0.29, 0.717) is 11.3 Å². The Kier molecular flexibility index (Phi) is 3.71. The third kappa shape index (κ3) is 3.33. The SMILES string of the molecule is Cc1ccccc1CN(C)CC1(CC(=N)N)CC1. The van der Waals surface area contributed by atoms with Crippen LogP contribution >= 0.6 is 0 Å². The number of hydrogen-bond acceptors (Lipinski definition) is 2. The zero-order valence-electron chi connectivity index (χ0n) is 11.4. The van der Waals surface area contributed by atoms with Gasteiger partial charge in [-0.3, -0.25) is 5.41 Å². The number of hydrogen-bond donors (Lipinski definition) is 2. The minimum Gasteiger partial charge on any atom is -0.388 e. The summed E-state index contributed by atoms with van der Waals surface area (Å²) in [4.78, 5) is 2.36. The molecule has 0 aliphatic heterocycles. The highest BCUT2D eigenvalue weighted by Gasteiger charge is 2.43. The molecule has 0 spiro atoms. The van der Waals surface area contributed by atoms with Crippen molar-refractivity contribution < 1.29 is 0 Å². The molecule has 0 heterocycles. The molecule has 98 valence electrons. The van der Waals surface area contributed by atoms with Crippen molar-refractivity contribution in [1.82, 2.24) is 4.90 Å². The van der Waals surface area contributed by atoms with E-state index in [0.717, 1.165) is 19.5 Å². The van der Waals surface area contributed by atoms with E-state index in [1.807, 2.05) is 0 Å². The maximum absolute atomic E-state index is 7.45. The molecule has 0 aromatic heterocycles. The lowest BCUT2D eigenvalue weighted by Crippen LogP contribution is -2.29. The lowest BCUT2D eigenvalue weighted by Gasteiger charge is -2.24. The zero-order chi connectivity index (χ0) is 13.2. The summed E-state index contributed by atoms with van der Waals surface area (Å²) in [6.07, 6.45) is 3.18. The maximum Gasteiger partial charge on any atom is 0.0911 e. The topological polar surface area (TPSA) is 53.1 Å². The van der Waals surface area contributed by atoms with Crippen LogP contribution in [0.1, 0.15) is 30.4 Å². The average molecular weight is 245 g/mol. The van der Waals surface area contributed by atoms with Crippen LogP contribution < -0.4 is 5.73 Å². The Morgan fingerprint density at radius 1 is 1.39 bits per heavy atom. The normalized spacial score (nSPS) is 16.8. The van der Waals surface area contributed by atoms with E-state index in [2.05, 4.69) is 43.1 Å². The summed E-state index contributed by atoms with van der Waals surface area (Å²) in [6.45, 7) is 4.18. The molecule has 0 atom stereocenters. The summed E-state index contributed by atoms with van der Waals surface area (Å²) >= 11 is 0. The predicted molar refractivity (Wildman–Crippen MR) is 75.7 cm³/mol. The Bertz CT molecular complexity index is 435. The van der Waals surface area contributed by atoms with Crippen LogP contribution in [0, 0.1) is 17.7 Å². The van der Waals surface area contributed by atoms with Gasteiger partial charge in [-0.2, -0.15) is 0 Å². The smallest absolute Gasteiger partial charge is 0.0911 e. The molecule has 0 unspecified atom stereocenters. The average Bonchev–Trinajstić information content (AvgIpc) is 3.00. The summed E-state index contributed by atoms with van der Waals surface area (Å²) in [5.74, 6) is 0.330. The molecule has 18 heavy (non-hydrogen) atoms. The van der Waals surface area contributed by atoms with Gasteiger partial charge in [-0.05, 0) is 43.4 Å². The summed E-state index contributed by atoms with van der Waals surface area (Å²) < 4.78 is 0. The van der Waals surface area contributed by atoms with Crippen LogP contribution in [0.2, 0.25) is 0 Å². The third-order valence-electron chi connectivity index (χ3n) is 3.83. The van der Waals surface area contributed by atoms with Gasteiger partial charge in [-0.25, -0.2) is 0 Å². The maximum atomic E-state index is 7.45. The minimum atomic E-state index is 0.295. The molecule has 0 amide bonds. The molecule has 1 fully saturated rings. The number of rotatable bonds is 6. The number of amidine groups is 1. The zero-order valence-corrected chi connectivity index (χ0v) is 11.4. The Labute approximate surface area is 109 Å². The van der Waals surface area contributed by atoms with Crippen LogP contribution in [0.5, 0.6) is 0 Å². The molecule has 0 saturated heterocycles. The fourth-order valence-corrected chi connectivity index (χ4v) is 2.68. The second-order valence-electron chi connectivity index (χ2n) is 5.80. The van der Waals surface area contributed by atoms with E-state index in [4.69, 9.17) is 11.1 Å². The van der Waals surface area contributed by atoms with Gasteiger partial charge in [0.05, 0.1) is 5.84 Å².